The highest BCUT2D eigenvalue weighted by molar-refractivity contribution is 5.79. The minimum Gasteiger partial charge on any atom is -0.497 e. The summed E-state index contributed by atoms with van der Waals surface area (Å²) in [6.07, 6.45) is 6.10. The Morgan fingerprint density at radius 3 is 2.41 bits per heavy atom. The highest BCUT2D eigenvalue weighted by Crippen LogP contribution is 2.31. The average Bonchev–Trinajstić information content (AvgIpc) is 3.19. The van der Waals surface area contributed by atoms with Crippen LogP contribution >= 0.6 is 0 Å². The van der Waals surface area contributed by atoms with Crippen molar-refractivity contribution in [2.24, 2.45) is 5.92 Å². The van der Waals surface area contributed by atoms with Gasteiger partial charge in [-0.25, -0.2) is 9.97 Å². The fourth-order valence-corrected chi connectivity index (χ4v) is 4.52. The molecule has 2 aliphatic rings. The number of ether oxygens (including phenoxy) is 1. The number of fused-ring (bicyclic) bond motifs is 1. The third-order valence-corrected chi connectivity index (χ3v) is 6.26. The Morgan fingerprint density at radius 1 is 1.07 bits per heavy atom. The number of aromatic nitrogens is 2. The molecule has 1 aliphatic carbocycles. The second kappa shape index (κ2) is 8.52. The van der Waals surface area contributed by atoms with Crippen molar-refractivity contribution in [3.8, 4) is 17.0 Å². The molecule has 0 unspecified atom stereocenters. The minimum atomic E-state index is 0.231. The molecule has 0 N–H and O–H groups in total. The molecule has 0 atom stereocenters. The van der Waals surface area contributed by atoms with Crippen LogP contribution in [0.2, 0.25) is 0 Å². The first-order valence-electron chi connectivity index (χ1n) is 10.9. The van der Waals surface area contributed by atoms with E-state index < -0.39 is 0 Å². The molecular weight excluding hydrogens is 362 g/mol. The Hall–Kier alpha value is -2.43. The van der Waals surface area contributed by atoms with Gasteiger partial charge in [-0.2, -0.15) is 0 Å². The fourth-order valence-electron chi connectivity index (χ4n) is 4.52. The standard InChI is InChI=1S/C24H31N3O2/c1-16(2)23-25-21-13-15-27(24(28)18-6-4-5-7-18)14-12-20(21)22(26-23)17-8-10-19(29-3)11-9-17/h8-11,16,18H,4-7,12-15H2,1-3H3. The van der Waals surface area contributed by atoms with E-state index in [4.69, 9.17) is 14.7 Å². The largest absolute Gasteiger partial charge is 0.497 e. The maximum absolute atomic E-state index is 13.0. The quantitative estimate of drug-likeness (QED) is 0.773. The van der Waals surface area contributed by atoms with Crippen LogP contribution in [0.5, 0.6) is 5.75 Å². The first kappa shape index (κ1) is 19.9. The van der Waals surface area contributed by atoms with Gasteiger partial charge in [-0.05, 0) is 43.5 Å². The summed E-state index contributed by atoms with van der Waals surface area (Å²) in [6, 6.07) is 8.09. The Bertz CT molecular complexity index is 870. The molecule has 1 aromatic carbocycles. The van der Waals surface area contributed by atoms with Gasteiger partial charge in [0.05, 0.1) is 12.8 Å². The van der Waals surface area contributed by atoms with E-state index in [1.54, 1.807) is 7.11 Å². The molecule has 1 aromatic heterocycles. The normalized spacial score (nSPS) is 17.3. The number of carbonyl (C=O) groups is 1. The van der Waals surface area contributed by atoms with Crippen molar-refractivity contribution < 1.29 is 9.53 Å². The van der Waals surface area contributed by atoms with E-state index in [0.29, 0.717) is 5.91 Å². The van der Waals surface area contributed by atoms with Crippen molar-refractivity contribution in [2.75, 3.05) is 20.2 Å². The molecule has 0 radical (unpaired) electrons. The molecule has 1 amide bonds. The predicted molar refractivity (Wildman–Crippen MR) is 114 cm³/mol. The molecule has 5 nitrogen and oxygen atoms in total. The topological polar surface area (TPSA) is 55.3 Å². The van der Waals surface area contributed by atoms with Crippen LogP contribution in [-0.2, 0) is 17.6 Å². The van der Waals surface area contributed by atoms with Crippen LogP contribution in [0.1, 0.15) is 62.5 Å². The van der Waals surface area contributed by atoms with Crippen molar-refractivity contribution in [1.82, 2.24) is 14.9 Å². The lowest BCUT2D eigenvalue weighted by Gasteiger charge is -2.23. The summed E-state index contributed by atoms with van der Waals surface area (Å²) in [6.45, 7) is 5.78. The Morgan fingerprint density at radius 2 is 1.76 bits per heavy atom. The minimum absolute atomic E-state index is 0.231. The summed E-state index contributed by atoms with van der Waals surface area (Å²) >= 11 is 0. The average molecular weight is 394 g/mol. The summed E-state index contributed by atoms with van der Waals surface area (Å²) in [7, 11) is 1.68. The van der Waals surface area contributed by atoms with E-state index in [-0.39, 0.29) is 11.8 Å². The van der Waals surface area contributed by atoms with Gasteiger partial charge in [0.1, 0.15) is 11.6 Å². The summed E-state index contributed by atoms with van der Waals surface area (Å²) in [5, 5.41) is 0. The van der Waals surface area contributed by atoms with Crippen molar-refractivity contribution in [1.29, 1.82) is 0 Å². The van der Waals surface area contributed by atoms with E-state index in [1.165, 1.54) is 18.4 Å². The van der Waals surface area contributed by atoms with Crippen molar-refractivity contribution in [3.05, 3.63) is 41.3 Å². The SMILES string of the molecule is COc1ccc(-c2nc(C(C)C)nc3c2CCN(C(=O)C2CCCC2)CC3)cc1. The molecule has 5 heteroatoms. The highest BCUT2D eigenvalue weighted by atomic mass is 16.5. The number of carbonyl (C=O) groups excluding carboxylic acids is 1. The number of hydrogen-bond acceptors (Lipinski definition) is 4. The van der Waals surface area contributed by atoms with Crippen LogP contribution in [-0.4, -0.2) is 41.0 Å². The number of benzene rings is 1. The maximum Gasteiger partial charge on any atom is 0.225 e. The van der Waals surface area contributed by atoms with Gasteiger partial charge < -0.3 is 9.64 Å². The summed E-state index contributed by atoms with van der Waals surface area (Å²) in [5.41, 5.74) is 4.40. The summed E-state index contributed by atoms with van der Waals surface area (Å²) < 4.78 is 5.31. The fraction of sp³-hybridized carbons (Fsp3) is 0.542. The molecule has 2 heterocycles. The Labute approximate surface area is 173 Å². The van der Waals surface area contributed by atoms with Crippen LogP contribution in [0.25, 0.3) is 11.3 Å². The second-order valence-electron chi connectivity index (χ2n) is 8.55. The smallest absolute Gasteiger partial charge is 0.225 e. The van der Waals surface area contributed by atoms with Gasteiger partial charge in [-0.15, -0.1) is 0 Å². The monoisotopic (exact) mass is 393 g/mol. The Kier molecular flexibility index (Phi) is 5.84. The number of rotatable bonds is 4. The van der Waals surface area contributed by atoms with E-state index in [9.17, 15) is 4.79 Å². The molecule has 1 aliphatic heterocycles. The zero-order valence-corrected chi connectivity index (χ0v) is 17.8. The van der Waals surface area contributed by atoms with Gasteiger partial charge in [0.25, 0.3) is 0 Å². The number of hydrogen-bond donors (Lipinski definition) is 0. The van der Waals surface area contributed by atoms with Gasteiger partial charge >= 0.3 is 0 Å². The van der Waals surface area contributed by atoms with Crippen molar-refractivity contribution in [3.63, 3.8) is 0 Å². The first-order chi connectivity index (χ1) is 14.1. The van der Waals surface area contributed by atoms with Crippen LogP contribution in [0.3, 0.4) is 0 Å². The first-order valence-corrected chi connectivity index (χ1v) is 10.9. The van der Waals surface area contributed by atoms with Gasteiger partial charge in [0.15, 0.2) is 0 Å². The molecule has 0 bridgehead atoms. The highest BCUT2D eigenvalue weighted by Gasteiger charge is 2.29. The molecule has 2 aromatic rings. The van der Waals surface area contributed by atoms with Crippen molar-refractivity contribution in [2.45, 2.75) is 58.3 Å². The van der Waals surface area contributed by atoms with E-state index >= 15 is 0 Å². The van der Waals surface area contributed by atoms with Crippen molar-refractivity contribution >= 4 is 5.91 Å². The zero-order valence-electron chi connectivity index (χ0n) is 17.8. The molecule has 1 saturated carbocycles. The van der Waals surface area contributed by atoms with Gasteiger partial charge in [0, 0.05) is 48.2 Å². The molecule has 1 fully saturated rings. The lowest BCUT2D eigenvalue weighted by atomic mass is 10.00. The molecule has 0 saturated heterocycles. The third kappa shape index (κ3) is 4.14. The van der Waals surface area contributed by atoms with Gasteiger partial charge in [0.2, 0.25) is 5.91 Å². The number of amides is 1. The third-order valence-electron chi connectivity index (χ3n) is 6.26. The lowest BCUT2D eigenvalue weighted by Crippen LogP contribution is -2.37. The molecular formula is C24H31N3O2. The van der Waals surface area contributed by atoms with Crippen LogP contribution in [0.15, 0.2) is 24.3 Å². The summed E-state index contributed by atoms with van der Waals surface area (Å²) in [4.78, 5) is 24.9. The van der Waals surface area contributed by atoms with E-state index in [1.807, 2.05) is 12.1 Å². The number of methoxy groups -OCH3 is 1. The van der Waals surface area contributed by atoms with E-state index in [0.717, 1.165) is 67.3 Å². The van der Waals surface area contributed by atoms with Crippen LogP contribution in [0, 0.1) is 5.92 Å². The Balaban J connectivity index is 1.66. The van der Waals surface area contributed by atoms with Crippen LogP contribution in [0.4, 0.5) is 0 Å². The molecule has 154 valence electrons. The maximum atomic E-state index is 13.0. The molecule has 4 rings (SSSR count). The zero-order chi connectivity index (χ0) is 20.4. The van der Waals surface area contributed by atoms with E-state index in [2.05, 4.69) is 30.9 Å². The number of nitrogens with zero attached hydrogens (tertiary/aromatic N) is 3. The molecule has 0 spiro atoms. The predicted octanol–water partition coefficient (Wildman–Crippen LogP) is 4.39. The lowest BCUT2D eigenvalue weighted by molar-refractivity contribution is -0.135. The van der Waals surface area contributed by atoms with Gasteiger partial charge in [-0.3, -0.25) is 4.79 Å². The van der Waals surface area contributed by atoms with Gasteiger partial charge in [-0.1, -0.05) is 26.7 Å². The second-order valence-corrected chi connectivity index (χ2v) is 8.55. The van der Waals surface area contributed by atoms with Crippen LogP contribution < -0.4 is 4.74 Å². The molecule has 29 heavy (non-hydrogen) atoms. The summed E-state index contributed by atoms with van der Waals surface area (Å²) in [5.74, 6) is 2.56.